The molecule has 0 unspecified atom stereocenters. The summed E-state index contributed by atoms with van der Waals surface area (Å²) in [6.07, 6.45) is 5.14. The van der Waals surface area contributed by atoms with Crippen molar-refractivity contribution in [3.05, 3.63) is 83.9 Å². The topological polar surface area (TPSA) is 96.8 Å². The smallest absolute Gasteiger partial charge is 0.323 e. The first kappa shape index (κ1) is 20.3. The molecule has 31 heavy (non-hydrogen) atoms. The molecule has 3 N–H and O–H groups in total. The molecule has 8 nitrogen and oxygen atoms in total. The van der Waals surface area contributed by atoms with E-state index in [4.69, 9.17) is 11.6 Å². The molecule has 0 radical (unpaired) electrons. The van der Waals surface area contributed by atoms with E-state index >= 15 is 0 Å². The summed E-state index contributed by atoms with van der Waals surface area (Å²) in [6, 6.07) is 12.4. The van der Waals surface area contributed by atoms with E-state index < -0.39 is 11.8 Å². The molecule has 0 saturated heterocycles. The van der Waals surface area contributed by atoms with Crippen molar-refractivity contribution in [2.45, 2.75) is 6.92 Å². The molecule has 0 bridgehead atoms. The zero-order valence-electron chi connectivity index (χ0n) is 16.3. The lowest BCUT2D eigenvalue weighted by molar-refractivity contribution is 0.262. The minimum Gasteiger partial charge on any atom is -0.340 e. The number of hydrogen-bond acceptors (Lipinski definition) is 5. The average molecular weight is 438 g/mol. The van der Waals surface area contributed by atoms with Crippen LogP contribution in [0.3, 0.4) is 0 Å². The summed E-state index contributed by atoms with van der Waals surface area (Å²) in [5.41, 5.74) is 1.75. The molecule has 2 aromatic carbocycles. The van der Waals surface area contributed by atoms with Crippen molar-refractivity contribution in [2.75, 3.05) is 16.0 Å². The van der Waals surface area contributed by atoms with Crippen LogP contribution in [0.4, 0.5) is 32.1 Å². The third-order valence-corrected chi connectivity index (χ3v) is 4.48. The van der Waals surface area contributed by atoms with E-state index in [-0.39, 0.29) is 5.02 Å². The van der Waals surface area contributed by atoms with Gasteiger partial charge in [0.25, 0.3) is 0 Å². The number of amides is 2. The van der Waals surface area contributed by atoms with E-state index in [9.17, 15) is 9.18 Å². The summed E-state index contributed by atoms with van der Waals surface area (Å²) < 4.78 is 15.0. The summed E-state index contributed by atoms with van der Waals surface area (Å²) in [6.45, 7) is 1.81. The fourth-order valence-electron chi connectivity index (χ4n) is 2.79. The number of rotatable bonds is 5. The zero-order valence-corrected chi connectivity index (χ0v) is 17.1. The number of imidazole rings is 1. The molecular weight excluding hydrogens is 421 g/mol. The van der Waals surface area contributed by atoms with E-state index in [0.717, 1.165) is 5.69 Å². The number of aromatic nitrogens is 4. The summed E-state index contributed by atoms with van der Waals surface area (Å²) in [4.78, 5) is 25.0. The van der Waals surface area contributed by atoms with Gasteiger partial charge in [-0.2, -0.15) is 0 Å². The number of benzene rings is 2. The molecule has 2 heterocycles. The Kier molecular flexibility index (Phi) is 5.76. The van der Waals surface area contributed by atoms with Gasteiger partial charge >= 0.3 is 6.03 Å². The molecule has 0 aliphatic carbocycles. The van der Waals surface area contributed by atoms with Crippen molar-refractivity contribution >= 4 is 40.5 Å². The van der Waals surface area contributed by atoms with Gasteiger partial charge in [0, 0.05) is 35.5 Å². The van der Waals surface area contributed by atoms with Crippen LogP contribution < -0.4 is 16.0 Å². The number of nitrogens with zero attached hydrogens (tertiary/aromatic N) is 4. The highest BCUT2D eigenvalue weighted by atomic mass is 35.5. The van der Waals surface area contributed by atoms with Crippen LogP contribution in [0, 0.1) is 12.7 Å². The Hall–Kier alpha value is -3.98. The molecule has 0 aliphatic rings. The van der Waals surface area contributed by atoms with Crippen LogP contribution in [0.15, 0.2) is 67.3 Å². The summed E-state index contributed by atoms with van der Waals surface area (Å²) in [5.74, 6) is 1.39. The van der Waals surface area contributed by atoms with Crippen LogP contribution in [0.5, 0.6) is 0 Å². The summed E-state index contributed by atoms with van der Waals surface area (Å²) in [5, 5.41) is 8.45. The average Bonchev–Trinajstić information content (AvgIpc) is 3.27. The van der Waals surface area contributed by atoms with Crippen molar-refractivity contribution in [1.29, 1.82) is 0 Å². The number of anilines is 4. The predicted molar refractivity (Wildman–Crippen MR) is 118 cm³/mol. The highest BCUT2D eigenvalue weighted by Crippen LogP contribution is 2.21. The van der Waals surface area contributed by atoms with E-state index in [1.165, 1.54) is 18.2 Å². The first-order chi connectivity index (χ1) is 15.0. The van der Waals surface area contributed by atoms with E-state index in [2.05, 4.69) is 30.9 Å². The maximum atomic E-state index is 13.2. The third kappa shape index (κ3) is 5.14. The molecule has 0 fully saturated rings. The van der Waals surface area contributed by atoms with E-state index in [0.29, 0.717) is 28.8 Å². The lowest BCUT2D eigenvalue weighted by Crippen LogP contribution is -2.19. The molecule has 0 saturated carbocycles. The highest BCUT2D eigenvalue weighted by molar-refractivity contribution is 6.31. The van der Waals surface area contributed by atoms with Gasteiger partial charge < -0.3 is 16.0 Å². The monoisotopic (exact) mass is 437 g/mol. The fraction of sp³-hybridized carbons (Fsp3) is 0.0476. The Morgan fingerprint density at radius 1 is 1.00 bits per heavy atom. The first-order valence-electron chi connectivity index (χ1n) is 9.20. The lowest BCUT2D eigenvalue weighted by Gasteiger charge is -2.11. The Balaban J connectivity index is 1.40. The van der Waals surface area contributed by atoms with Gasteiger partial charge in [0.2, 0.25) is 0 Å². The number of aryl methyl sites for hydroxylation is 1. The van der Waals surface area contributed by atoms with Gasteiger partial charge in [0.05, 0.1) is 5.02 Å². The molecule has 4 rings (SSSR count). The van der Waals surface area contributed by atoms with Crippen molar-refractivity contribution in [1.82, 2.24) is 19.5 Å². The van der Waals surface area contributed by atoms with Gasteiger partial charge in [-0.1, -0.05) is 11.6 Å². The van der Waals surface area contributed by atoms with Crippen molar-refractivity contribution in [3.8, 4) is 5.82 Å². The van der Waals surface area contributed by atoms with Crippen LogP contribution >= 0.6 is 11.6 Å². The van der Waals surface area contributed by atoms with Crippen LogP contribution in [-0.2, 0) is 0 Å². The molecule has 0 spiro atoms. The standard InChI is InChI=1S/C21H17ClFN7O/c1-13-25-19(11-20(26-13)30-9-8-24-12-30)27-14-2-4-15(5-3-14)28-21(31)29-16-6-7-18(23)17(22)10-16/h2-12H,1H3,(H,25,26,27)(H2,28,29,31). The molecule has 2 aromatic heterocycles. The van der Waals surface area contributed by atoms with Crippen LogP contribution in [0.25, 0.3) is 5.82 Å². The largest absolute Gasteiger partial charge is 0.340 e. The second-order valence-corrected chi connectivity index (χ2v) is 6.95. The maximum Gasteiger partial charge on any atom is 0.323 e. The van der Waals surface area contributed by atoms with Crippen LogP contribution in [0.1, 0.15) is 5.82 Å². The SMILES string of the molecule is Cc1nc(Nc2ccc(NC(=O)Nc3ccc(F)c(Cl)c3)cc2)cc(-n2ccnc2)n1. The van der Waals surface area contributed by atoms with Gasteiger partial charge in [-0.3, -0.25) is 4.57 Å². The molecule has 10 heteroatoms. The number of urea groups is 1. The zero-order chi connectivity index (χ0) is 21.8. The third-order valence-electron chi connectivity index (χ3n) is 4.19. The first-order valence-corrected chi connectivity index (χ1v) is 9.58. The number of carbonyl (C=O) groups excluding carboxylic acids is 1. The van der Waals surface area contributed by atoms with Gasteiger partial charge in [-0.15, -0.1) is 0 Å². The van der Waals surface area contributed by atoms with Gasteiger partial charge in [0.15, 0.2) is 0 Å². The fourth-order valence-corrected chi connectivity index (χ4v) is 2.98. The van der Waals surface area contributed by atoms with Gasteiger partial charge in [-0.05, 0) is 49.4 Å². The number of hydrogen-bond donors (Lipinski definition) is 3. The molecule has 4 aromatic rings. The summed E-state index contributed by atoms with van der Waals surface area (Å²) >= 11 is 5.72. The Labute approximate surface area is 182 Å². The van der Waals surface area contributed by atoms with E-state index in [1.54, 1.807) is 47.6 Å². The lowest BCUT2D eigenvalue weighted by atomic mass is 10.2. The molecule has 0 atom stereocenters. The quantitative estimate of drug-likeness (QED) is 0.401. The molecule has 2 amide bonds. The van der Waals surface area contributed by atoms with Crippen LogP contribution in [-0.4, -0.2) is 25.6 Å². The van der Waals surface area contributed by atoms with Gasteiger partial charge in [0.1, 0.15) is 29.6 Å². The molecular formula is C21H17ClFN7O. The van der Waals surface area contributed by atoms with Crippen molar-refractivity contribution < 1.29 is 9.18 Å². The Morgan fingerprint density at radius 2 is 1.71 bits per heavy atom. The summed E-state index contributed by atoms with van der Waals surface area (Å²) in [7, 11) is 0. The minimum atomic E-state index is -0.549. The second kappa shape index (κ2) is 8.80. The number of nitrogens with one attached hydrogen (secondary N) is 3. The normalized spacial score (nSPS) is 10.5. The number of halogens is 2. The van der Waals surface area contributed by atoms with Crippen LogP contribution in [0.2, 0.25) is 5.02 Å². The van der Waals surface area contributed by atoms with E-state index in [1.807, 2.05) is 13.0 Å². The highest BCUT2D eigenvalue weighted by Gasteiger charge is 2.07. The second-order valence-electron chi connectivity index (χ2n) is 6.54. The predicted octanol–water partition coefficient (Wildman–Crippen LogP) is 5.15. The Morgan fingerprint density at radius 3 is 2.42 bits per heavy atom. The van der Waals surface area contributed by atoms with Crippen molar-refractivity contribution in [2.24, 2.45) is 0 Å². The van der Waals surface area contributed by atoms with Crippen molar-refractivity contribution in [3.63, 3.8) is 0 Å². The Bertz CT molecular complexity index is 1210. The molecule has 0 aliphatic heterocycles. The number of carbonyl (C=O) groups is 1. The minimum absolute atomic E-state index is 0.0654. The van der Waals surface area contributed by atoms with Gasteiger partial charge in [-0.25, -0.2) is 24.1 Å². The molecule has 156 valence electrons. The maximum absolute atomic E-state index is 13.2.